The molecule has 0 amide bonds. The second-order valence-corrected chi connectivity index (χ2v) is 6.29. The highest BCUT2D eigenvalue weighted by Crippen LogP contribution is 2.25. The molecule has 0 aromatic carbocycles. The van der Waals surface area contributed by atoms with E-state index in [4.69, 9.17) is 11.6 Å². The van der Waals surface area contributed by atoms with Gasteiger partial charge in [-0.05, 0) is 31.8 Å². The van der Waals surface area contributed by atoms with Gasteiger partial charge in [-0.25, -0.2) is 4.98 Å². The molecule has 16 heavy (non-hydrogen) atoms. The quantitative estimate of drug-likeness (QED) is 0.817. The van der Waals surface area contributed by atoms with Gasteiger partial charge in [-0.2, -0.15) is 0 Å². The molecule has 0 aliphatic carbocycles. The van der Waals surface area contributed by atoms with Crippen molar-refractivity contribution in [2.75, 3.05) is 13.1 Å². The minimum Gasteiger partial charge on any atom is -0.298 e. The Morgan fingerprint density at radius 2 is 2.25 bits per heavy atom. The average molecular weight is 259 g/mol. The Morgan fingerprint density at radius 3 is 2.81 bits per heavy atom. The average Bonchev–Trinajstić information content (AvgIpc) is 2.67. The molecule has 1 aliphatic rings. The van der Waals surface area contributed by atoms with Crippen molar-refractivity contribution >= 4 is 22.9 Å². The summed E-state index contributed by atoms with van der Waals surface area (Å²) in [6.07, 6.45) is 7.36. The van der Waals surface area contributed by atoms with Gasteiger partial charge < -0.3 is 0 Å². The van der Waals surface area contributed by atoms with Crippen LogP contribution in [0.2, 0.25) is 4.47 Å². The number of hydrogen-bond acceptors (Lipinski definition) is 3. The van der Waals surface area contributed by atoms with Gasteiger partial charge >= 0.3 is 0 Å². The lowest BCUT2D eigenvalue weighted by Crippen LogP contribution is -2.32. The van der Waals surface area contributed by atoms with Crippen LogP contribution in [0, 0.1) is 5.92 Å². The van der Waals surface area contributed by atoms with Gasteiger partial charge in [0.25, 0.3) is 0 Å². The van der Waals surface area contributed by atoms with Crippen molar-refractivity contribution in [2.45, 2.75) is 39.2 Å². The topological polar surface area (TPSA) is 16.1 Å². The molecule has 1 aromatic heterocycles. The van der Waals surface area contributed by atoms with Crippen LogP contribution in [0.5, 0.6) is 0 Å². The number of thiazole rings is 1. The van der Waals surface area contributed by atoms with E-state index in [2.05, 4.69) is 16.8 Å². The summed E-state index contributed by atoms with van der Waals surface area (Å²) in [5.41, 5.74) is 0. The van der Waals surface area contributed by atoms with Crippen LogP contribution in [0.4, 0.5) is 0 Å². The zero-order valence-corrected chi connectivity index (χ0v) is 11.4. The monoisotopic (exact) mass is 258 g/mol. The van der Waals surface area contributed by atoms with E-state index in [1.165, 1.54) is 43.6 Å². The van der Waals surface area contributed by atoms with E-state index in [0.717, 1.165) is 12.5 Å². The molecule has 0 bridgehead atoms. The third kappa shape index (κ3) is 3.44. The Kier molecular flexibility index (Phi) is 4.62. The summed E-state index contributed by atoms with van der Waals surface area (Å²) in [7, 11) is 0. The first-order valence-electron chi connectivity index (χ1n) is 6.10. The van der Waals surface area contributed by atoms with Crippen LogP contribution >= 0.6 is 22.9 Å². The maximum Gasteiger partial charge on any atom is 0.183 e. The van der Waals surface area contributed by atoms with Crippen LogP contribution in [0.3, 0.4) is 0 Å². The van der Waals surface area contributed by atoms with Gasteiger partial charge in [0.05, 0.1) is 0 Å². The van der Waals surface area contributed by atoms with E-state index in [-0.39, 0.29) is 0 Å². The van der Waals surface area contributed by atoms with Crippen molar-refractivity contribution in [1.29, 1.82) is 0 Å². The van der Waals surface area contributed by atoms with E-state index < -0.39 is 0 Å². The molecule has 1 aromatic rings. The Hall–Kier alpha value is -0.120. The Morgan fingerprint density at radius 1 is 1.50 bits per heavy atom. The number of piperidine rings is 1. The summed E-state index contributed by atoms with van der Waals surface area (Å²) in [6.45, 7) is 5.79. The fourth-order valence-corrected chi connectivity index (χ4v) is 3.44. The molecular weight excluding hydrogens is 240 g/mol. The highest BCUT2D eigenvalue weighted by molar-refractivity contribution is 7.15. The molecule has 2 nitrogen and oxygen atoms in total. The molecule has 1 saturated heterocycles. The smallest absolute Gasteiger partial charge is 0.183 e. The normalized spacial score (nSPS) is 19.1. The molecule has 0 N–H and O–H groups in total. The summed E-state index contributed by atoms with van der Waals surface area (Å²) >= 11 is 7.44. The largest absolute Gasteiger partial charge is 0.298 e. The van der Waals surface area contributed by atoms with Crippen molar-refractivity contribution in [3.8, 4) is 0 Å². The van der Waals surface area contributed by atoms with Gasteiger partial charge in [0.15, 0.2) is 4.47 Å². The third-order valence-electron chi connectivity index (χ3n) is 3.31. The fourth-order valence-electron chi connectivity index (χ4n) is 2.42. The molecule has 1 fully saturated rings. The standard InChI is InChI=1S/C12H19ClN2S/c1-2-3-10-4-6-15(7-5-10)9-11-8-14-12(13)16-11/h8,10H,2-7,9H2,1H3. The third-order valence-corrected chi connectivity index (χ3v) is 4.41. The van der Waals surface area contributed by atoms with Gasteiger partial charge in [-0.15, -0.1) is 11.3 Å². The first-order valence-corrected chi connectivity index (χ1v) is 7.30. The van der Waals surface area contributed by atoms with E-state index in [1.807, 2.05) is 6.20 Å². The second-order valence-electron chi connectivity index (χ2n) is 4.59. The van der Waals surface area contributed by atoms with Gasteiger partial charge in [0.1, 0.15) is 0 Å². The number of nitrogens with zero attached hydrogens (tertiary/aromatic N) is 2. The summed E-state index contributed by atoms with van der Waals surface area (Å²) in [4.78, 5) is 7.90. The highest BCUT2D eigenvalue weighted by Gasteiger charge is 2.18. The lowest BCUT2D eigenvalue weighted by Gasteiger charge is -2.31. The summed E-state index contributed by atoms with van der Waals surface area (Å²) in [6, 6.07) is 0. The number of likely N-dealkylation sites (tertiary alicyclic amines) is 1. The molecule has 0 saturated carbocycles. The summed E-state index contributed by atoms with van der Waals surface area (Å²) < 4.78 is 0.663. The van der Waals surface area contributed by atoms with E-state index in [9.17, 15) is 0 Å². The summed E-state index contributed by atoms with van der Waals surface area (Å²) in [5, 5.41) is 0. The first-order chi connectivity index (χ1) is 7.78. The second kappa shape index (κ2) is 5.99. The number of hydrogen-bond donors (Lipinski definition) is 0. The molecule has 0 unspecified atom stereocenters. The van der Waals surface area contributed by atoms with Crippen molar-refractivity contribution in [3.63, 3.8) is 0 Å². The Labute approximate surface area is 107 Å². The Bertz CT molecular complexity index is 319. The lowest BCUT2D eigenvalue weighted by molar-refractivity contribution is 0.173. The molecule has 4 heteroatoms. The van der Waals surface area contributed by atoms with E-state index in [0.29, 0.717) is 4.47 Å². The van der Waals surface area contributed by atoms with Crippen molar-refractivity contribution < 1.29 is 0 Å². The Balaban J connectivity index is 1.77. The van der Waals surface area contributed by atoms with Gasteiger partial charge in [-0.1, -0.05) is 31.4 Å². The minimum absolute atomic E-state index is 0.663. The molecule has 0 spiro atoms. The number of aromatic nitrogens is 1. The highest BCUT2D eigenvalue weighted by atomic mass is 35.5. The van der Waals surface area contributed by atoms with Gasteiger partial charge in [-0.3, -0.25) is 4.90 Å². The molecule has 2 rings (SSSR count). The fraction of sp³-hybridized carbons (Fsp3) is 0.750. The zero-order chi connectivity index (χ0) is 11.4. The van der Waals surface area contributed by atoms with Crippen LogP contribution in [-0.4, -0.2) is 23.0 Å². The zero-order valence-electron chi connectivity index (χ0n) is 9.79. The van der Waals surface area contributed by atoms with Crippen LogP contribution in [-0.2, 0) is 6.54 Å². The van der Waals surface area contributed by atoms with Gasteiger partial charge in [0.2, 0.25) is 0 Å². The van der Waals surface area contributed by atoms with Crippen molar-refractivity contribution in [3.05, 3.63) is 15.5 Å². The predicted octanol–water partition coefficient (Wildman–Crippen LogP) is 3.81. The predicted molar refractivity (Wildman–Crippen MR) is 70.0 cm³/mol. The van der Waals surface area contributed by atoms with Gasteiger partial charge in [0, 0.05) is 17.6 Å². The van der Waals surface area contributed by atoms with E-state index in [1.54, 1.807) is 11.3 Å². The maximum atomic E-state index is 5.83. The molecule has 90 valence electrons. The summed E-state index contributed by atoms with van der Waals surface area (Å²) in [5.74, 6) is 0.964. The molecule has 0 atom stereocenters. The van der Waals surface area contributed by atoms with Crippen LogP contribution in [0.25, 0.3) is 0 Å². The van der Waals surface area contributed by atoms with E-state index >= 15 is 0 Å². The van der Waals surface area contributed by atoms with Crippen LogP contribution in [0.15, 0.2) is 6.20 Å². The van der Waals surface area contributed by atoms with Crippen LogP contribution in [0.1, 0.15) is 37.5 Å². The van der Waals surface area contributed by atoms with Crippen LogP contribution < -0.4 is 0 Å². The lowest BCUT2D eigenvalue weighted by atomic mass is 9.92. The number of rotatable bonds is 4. The molecule has 0 radical (unpaired) electrons. The molecular formula is C12H19ClN2S. The SMILES string of the molecule is CCCC1CCN(Cc2cnc(Cl)s2)CC1. The number of halogens is 1. The molecule has 1 aliphatic heterocycles. The maximum absolute atomic E-state index is 5.83. The van der Waals surface area contributed by atoms with Crippen molar-refractivity contribution in [1.82, 2.24) is 9.88 Å². The molecule has 2 heterocycles. The minimum atomic E-state index is 0.663. The van der Waals surface area contributed by atoms with Crippen molar-refractivity contribution in [2.24, 2.45) is 5.92 Å². The first kappa shape index (κ1) is 12.3.